The Bertz CT molecular complexity index is 774. The topological polar surface area (TPSA) is 12.4 Å². The van der Waals surface area contributed by atoms with Crippen LogP contribution in [0.5, 0.6) is 0 Å². The molecule has 3 heteroatoms. The van der Waals surface area contributed by atoms with Crippen LogP contribution in [-0.4, -0.2) is 11.6 Å². The summed E-state index contributed by atoms with van der Waals surface area (Å²) in [5.41, 5.74) is 7.88. The van der Waals surface area contributed by atoms with Crippen LogP contribution in [0.2, 0.25) is 13.1 Å². The number of benzene rings is 2. The molecule has 0 unspecified atom stereocenters. The molecule has 0 amide bonds. The molecular formula is C17H15NSiZr. The Labute approximate surface area is 131 Å². The van der Waals surface area contributed by atoms with E-state index in [1.807, 2.05) is 0 Å². The number of rotatable bonds is 2. The van der Waals surface area contributed by atoms with Crippen molar-refractivity contribution in [2.75, 3.05) is 0 Å². The summed E-state index contributed by atoms with van der Waals surface area (Å²) in [5.74, 6) is -0.454. The third-order valence-electron chi connectivity index (χ3n) is 3.76. The van der Waals surface area contributed by atoms with Crippen molar-refractivity contribution in [1.29, 1.82) is 0 Å². The van der Waals surface area contributed by atoms with E-state index >= 15 is 0 Å². The zero-order valence-electron chi connectivity index (χ0n) is 11.6. The fraction of sp³-hybridized carbons (Fsp3) is 0.118. The molecule has 0 aromatic heterocycles. The average Bonchev–Trinajstić information content (AvgIpc) is 2.94. The van der Waals surface area contributed by atoms with E-state index in [0.717, 1.165) is 0 Å². The van der Waals surface area contributed by atoms with Gasteiger partial charge in [-0.15, -0.1) is 0 Å². The Balaban J connectivity index is 1.89. The summed E-state index contributed by atoms with van der Waals surface area (Å²) in [4.78, 5) is 4.91. The summed E-state index contributed by atoms with van der Waals surface area (Å²) in [7, 11) is 0. The molecule has 1 nitrogen and oxygen atoms in total. The first-order chi connectivity index (χ1) is 9.74. The van der Waals surface area contributed by atoms with Crippen LogP contribution in [0.3, 0.4) is 0 Å². The molecule has 96 valence electrons. The first-order valence-electron chi connectivity index (χ1n) is 7.04. The number of fused-ring (bicyclic) bond motifs is 5. The molecule has 0 spiro atoms. The first-order valence-corrected chi connectivity index (χ1v) is 15.4. The van der Waals surface area contributed by atoms with Gasteiger partial charge in [0.1, 0.15) is 0 Å². The molecule has 0 atom stereocenters. The van der Waals surface area contributed by atoms with Gasteiger partial charge in [0.15, 0.2) is 0 Å². The third kappa shape index (κ3) is 1.88. The van der Waals surface area contributed by atoms with Gasteiger partial charge < -0.3 is 0 Å². The molecule has 0 saturated heterocycles. The van der Waals surface area contributed by atoms with Crippen LogP contribution in [0.4, 0.5) is 5.69 Å². The van der Waals surface area contributed by atoms with Crippen molar-refractivity contribution in [3.8, 4) is 0 Å². The van der Waals surface area contributed by atoms with E-state index < -0.39 is 28.3 Å². The molecule has 2 aromatic carbocycles. The Hall–Kier alpha value is -1.05. The predicted octanol–water partition coefficient (Wildman–Crippen LogP) is 3.37. The van der Waals surface area contributed by atoms with Crippen molar-refractivity contribution in [2.45, 2.75) is 13.1 Å². The van der Waals surface area contributed by atoms with Gasteiger partial charge in [-0.05, 0) is 0 Å². The molecule has 0 radical (unpaired) electrons. The van der Waals surface area contributed by atoms with Crippen LogP contribution in [0.15, 0.2) is 47.5 Å². The zero-order chi connectivity index (χ0) is 13.7. The molecule has 4 rings (SSSR count). The maximum atomic E-state index is 4.91. The molecule has 0 bridgehead atoms. The van der Waals surface area contributed by atoms with Crippen LogP contribution in [0, 0.1) is 0 Å². The number of allylic oxidation sites excluding steroid dienone is 1. The Morgan fingerprint density at radius 1 is 1.00 bits per heavy atom. The molecule has 0 fully saturated rings. The molecule has 20 heavy (non-hydrogen) atoms. The standard InChI is InChI=1S/C15H8N.C2H7Si.Zr/c1-2-6-11-10(5-1)9-13-12-7-3-4-8-14(12)16-15(11)13;1-3-2;/h1-6,8-9H;3H,1-2H3;. The van der Waals surface area contributed by atoms with Crippen molar-refractivity contribution in [1.82, 2.24) is 0 Å². The third-order valence-corrected chi connectivity index (χ3v) is 12.2. The molecule has 2 aliphatic rings. The number of hydrogen-bond donors (Lipinski definition) is 0. The summed E-state index contributed by atoms with van der Waals surface area (Å²) in [6.45, 7) is 4.97. The van der Waals surface area contributed by atoms with Gasteiger partial charge in [0.2, 0.25) is 0 Å². The summed E-state index contributed by atoms with van der Waals surface area (Å²) in [5, 5.41) is 0. The minimum absolute atomic E-state index is 0.396. The molecular weight excluding hydrogens is 338 g/mol. The van der Waals surface area contributed by atoms with E-state index in [2.05, 4.69) is 61.6 Å². The fourth-order valence-electron chi connectivity index (χ4n) is 2.99. The summed E-state index contributed by atoms with van der Waals surface area (Å²) >= 11 is -0.396. The Kier molecular flexibility index (Phi) is 3.01. The first kappa shape index (κ1) is 12.7. The quantitative estimate of drug-likeness (QED) is 0.735. The zero-order valence-corrected chi connectivity index (χ0v) is 15.3. The predicted molar refractivity (Wildman–Crippen MR) is 85.5 cm³/mol. The molecule has 1 heterocycles. The van der Waals surface area contributed by atoms with Gasteiger partial charge >= 0.3 is 132 Å². The normalized spacial score (nSPS) is 14.6. The van der Waals surface area contributed by atoms with E-state index in [9.17, 15) is 0 Å². The fourth-order valence-corrected chi connectivity index (χ4v) is 11.1. The molecule has 0 N–H and O–H groups in total. The SMILES string of the molecule is C[SiH](C)[Zr][c]1cccc2c1C1=Cc3ccccc3C1=N2. The second-order valence-corrected chi connectivity index (χ2v) is 20.2. The van der Waals surface area contributed by atoms with Gasteiger partial charge in [0.25, 0.3) is 0 Å². The molecule has 1 aliphatic carbocycles. The van der Waals surface area contributed by atoms with E-state index in [1.165, 1.54) is 33.7 Å². The summed E-state index contributed by atoms with van der Waals surface area (Å²) in [6.07, 6.45) is 2.34. The maximum absolute atomic E-state index is 4.91. The van der Waals surface area contributed by atoms with Gasteiger partial charge in [-0.1, -0.05) is 0 Å². The van der Waals surface area contributed by atoms with Crippen LogP contribution >= 0.6 is 0 Å². The van der Waals surface area contributed by atoms with Gasteiger partial charge in [0, 0.05) is 0 Å². The van der Waals surface area contributed by atoms with Crippen LogP contribution in [-0.2, 0) is 22.4 Å². The Morgan fingerprint density at radius 3 is 2.70 bits per heavy atom. The van der Waals surface area contributed by atoms with Crippen LogP contribution < -0.4 is 3.27 Å². The number of aliphatic imine (C=N–C) groups is 1. The van der Waals surface area contributed by atoms with E-state index in [0.29, 0.717) is 0 Å². The number of nitrogens with zero attached hydrogens (tertiary/aromatic N) is 1. The Morgan fingerprint density at radius 2 is 1.85 bits per heavy atom. The molecule has 1 aliphatic heterocycles. The van der Waals surface area contributed by atoms with Crippen molar-refractivity contribution in [3.63, 3.8) is 0 Å². The van der Waals surface area contributed by atoms with E-state index in [-0.39, 0.29) is 0 Å². The van der Waals surface area contributed by atoms with Gasteiger partial charge in [0.05, 0.1) is 0 Å². The van der Waals surface area contributed by atoms with E-state index in [1.54, 1.807) is 3.27 Å². The summed E-state index contributed by atoms with van der Waals surface area (Å²) in [6, 6.07) is 15.4. The van der Waals surface area contributed by atoms with Gasteiger partial charge in [-0.25, -0.2) is 0 Å². The monoisotopic (exact) mass is 351 g/mol. The molecule has 2 aromatic rings. The molecule has 0 saturated carbocycles. The van der Waals surface area contributed by atoms with Gasteiger partial charge in [-0.2, -0.15) is 0 Å². The summed E-state index contributed by atoms with van der Waals surface area (Å²) < 4.78 is 1.66. The number of hydrogen-bond acceptors (Lipinski definition) is 1. The van der Waals surface area contributed by atoms with Gasteiger partial charge in [-0.3, -0.25) is 0 Å². The van der Waals surface area contributed by atoms with Crippen LogP contribution in [0.1, 0.15) is 16.7 Å². The second kappa shape index (κ2) is 4.75. The van der Waals surface area contributed by atoms with Crippen molar-refractivity contribution in [2.24, 2.45) is 4.99 Å². The average molecular weight is 353 g/mol. The minimum atomic E-state index is -0.454. The van der Waals surface area contributed by atoms with Crippen molar-refractivity contribution in [3.05, 3.63) is 59.2 Å². The van der Waals surface area contributed by atoms with E-state index in [4.69, 9.17) is 4.99 Å². The van der Waals surface area contributed by atoms with Crippen molar-refractivity contribution >= 4 is 32.2 Å². The van der Waals surface area contributed by atoms with Crippen molar-refractivity contribution < 1.29 is 22.4 Å². The van der Waals surface area contributed by atoms with Crippen LogP contribution in [0.25, 0.3) is 11.6 Å². The second-order valence-electron chi connectivity index (χ2n) is 5.60.